The van der Waals surface area contributed by atoms with Crippen molar-refractivity contribution >= 4 is 11.9 Å². The second kappa shape index (κ2) is 6.66. The number of carbonyl (C=O) groups is 2. The number of aliphatic carboxylic acids is 1. The summed E-state index contributed by atoms with van der Waals surface area (Å²) in [6.07, 6.45) is 3.00. The van der Waals surface area contributed by atoms with Crippen LogP contribution in [0.4, 0.5) is 0 Å². The summed E-state index contributed by atoms with van der Waals surface area (Å²) in [4.78, 5) is 23.7. The first-order chi connectivity index (χ1) is 11.1. The molecule has 2 aromatic heterocycles. The highest BCUT2D eigenvalue weighted by molar-refractivity contribution is 5.95. The van der Waals surface area contributed by atoms with E-state index in [0.29, 0.717) is 31.1 Å². The molecule has 1 saturated heterocycles. The maximum atomic E-state index is 12.3. The van der Waals surface area contributed by atoms with Crippen molar-refractivity contribution in [3.8, 4) is 11.5 Å². The SMILES string of the molecule is O=C(NC(C(=O)O)C1CCCOC1)c1cc(-c2ccco2)[nH]n1. The van der Waals surface area contributed by atoms with Crippen molar-refractivity contribution < 1.29 is 23.8 Å². The topological polar surface area (TPSA) is 117 Å². The second-order valence-corrected chi connectivity index (χ2v) is 5.41. The van der Waals surface area contributed by atoms with Gasteiger partial charge in [-0.05, 0) is 25.0 Å². The number of rotatable bonds is 5. The number of carbonyl (C=O) groups excluding carboxylic acids is 1. The lowest BCUT2D eigenvalue weighted by Gasteiger charge is -2.27. The number of furan rings is 1. The van der Waals surface area contributed by atoms with Gasteiger partial charge < -0.3 is 19.6 Å². The van der Waals surface area contributed by atoms with Gasteiger partial charge >= 0.3 is 5.97 Å². The Morgan fingerprint density at radius 2 is 2.35 bits per heavy atom. The number of hydrogen-bond acceptors (Lipinski definition) is 5. The van der Waals surface area contributed by atoms with Crippen molar-refractivity contribution in [2.24, 2.45) is 5.92 Å². The lowest BCUT2D eigenvalue weighted by atomic mass is 9.93. The Morgan fingerprint density at radius 1 is 1.48 bits per heavy atom. The van der Waals surface area contributed by atoms with Crippen molar-refractivity contribution in [2.75, 3.05) is 13.2 Å². The molecule has 1 aliphatic heterocycles. The molecule has 2 atom stereocenters. The van der Waals surface area contributed by atoms with Crippen LogP contribution in [0.25, 0.3) is 11.5 Å². The maximum absolute atomic E-state index is 12.3. The fourth-order valence-electron chi connectivity index (χ4n) is 2.62. The molecular formula is C15H17N3O5. The molecular weight excluding hydrogens is 302 g/mol. The van der Waals surface area contributed by atoms with E-state index in [0.717, 1.165) is 6.42 Å². The highest BCUT2D eigenvalue weighted by Gasteiger charge is 2.32. The molecule has 0 bridgehead atoms. The molecule has 3 N–H and O–H groups in total. The van der Waals surface area contributed by atoms with Crippen LogP contribution in [0.3, 0.4) is 0 Å². The molecule has 122 valence electrons. The second-order valence-electron chi connectivity index (χ2n) is 5.41. The smallest absolute Gasteiger partial charge is 0.326 e. The van der Waals surface area contributed by atoms with Crippen LogP contribution in [0, 0.1) is 5.92 Å². The quantitative estimate of drug-likeness (QED) is 0.764. The van der Waals surface area contributed by atoms with Gasteiger partial charge in [0.05, 0.1) is 12.9 Å². The average Bonchev–Trinajstić information content (AvgIpc) is 3.23. The third kappa shape index (κ3) is 3.42. The Morgan fingerprint density at radius 3 is 3.00 bits per heavy atom. The number of nitrogens with zero attached hydrogens (tertiary/aromatic N) is 1. The monoisotopic (exact) mass is 319 g/mol. The van der Waals surface area contributed by atoms with E-state index in [1.807, 2.05) is 0 Å². The number of aromatic nitrogens is 2. The summed E-state index contributed by atoms with van der Waals surface area (Å²) >= 11 is 0. The molecule has 0 spiro atoms. The largest absolute Gasteiger partial charge is 0.480 e. The molecule has 23 heavy (non-hydrogen) atoms. The van der Waals surface area contributed by atoms with Gasteiger partial charge in [-0.25, -0.2) is 4.79 Å². The number of ether oxygens (including phenoxy) is 1. The Labute approximate surface area is 131 Å². The van der Waals surface area contributed by atoms with Gasteiger partial charge in [0, 0.05) is 18.6 Å². The first kappa shape index (κ1) is 15.3. The van der Waals surface area contributed by atoms with Crippen molar-refractivity contribution in [1.82, 2.24) is 15.5 Å². The van der Waals surface area contributed by atoms with Gasteiger partial charge in [-0.1, -0.05) is 0 Å². The van der Waals surface area contributed by atoms with Crippen LogP contribution in [-0.2, 0) is 9.53 Å². The lowest BCUT2D eigenvalue weighted by Crippen LogP contribution is -2.48. The summed E-state index contributed by atoms with van der Waals surface area (Å²) in [6.45, 7) is 0.956. The molecule has 8 nitrogen and oxygen atoms in total. The molecule has 2 unspecified atom stereocenters. The zero-order valence-corrected chi connectivity index (χ0v) is 12.3. The number of aromatic amines is 1. The highest BCUT2D eigenvalue weighted by Crippen LogP contribution is 2.20. The Hall–Kier alpha value is -2.61. The minimum Gasteiger partial charge on any atom is -0.480 e. The fourth-order valence-corrected chi connectivity index (χ4v) is 2.62. The van der Waals surface area contributed by atoms with Crippen LogP contribution in [0.15, 0.2) is 28.9 Å². The predicted octanol–water partition coefficient (Wildman–Crippen LogP) is 1.28. The molecule has 0 aliphatic carbocycles. The third-order valence-electron chi connectivity index (χ3n) is 3.82. The number of nitrogens with one attached hydrogen (secondary N) is 2. The summed E-state index contributed by atoms with van der Waals surface area (Å²) in [5, 5.41) is 18.5. The molecule has 1 aliphatic rings. The van der Waals surface area contributed by atoms with Crippen LogP contribution in [0.1, 0.15) is 23.3 Å². The first-order valence-electron chi connectivity index (χ1n) is 7.36. The summed E-state index contributed by atoms with van der Waals surface area (Å²) in [7, 11) is 0. The van der Waals surface area contributed by atoms with Gasteiger partial charge in [-0.2, -0.15) is 5.10 Å². The number of H-pyrrole nitrogens is 1. The van der Waals surface area contributed by atoms with Crippen LogP contribution in [0.5, 0.6) is 0 Å². The molecule has 3 rings (SSSR count). The van der Waals surface area contributed by atoms with Gasteiger partial charge in [0.15, 0.2) is 11.5 Å². The van der Waals surface area contributed by atoms with Crippen LogP contribution >= 0.6 is 0 Å². The van der Waals surface area contributed by atoms with E-state index < -0.39 is 17.9 Å². The van der Waals surface area contributed by atoms with Gasteiger partial charge in [0.25, 0.3) is 5.91 Å². The normalized spacial score (nSPS) is 19.2. The van der Waals surface area contributed by atoms with Crippen LogP contribution < -0.4 is 5.32 Å². The zero-order chi connectivity index (χ0) is 16.2. The molecule has 8 heteroatoms. The Kier molecular flexibility index (Phi) is 4.42. The lowest BCUT2D eigenvalue weighted by molar-refractivity contribution is -0.142. The summed E-state index contributed by atoms with van der Waals surface area (Å²) in [5.41, 5.74) is 0.660. The fraction of sp³-hybridized carbons (Fsp3) is 0.400. The molecule has 3 heterocycles. The predicted molar refractivity (Wildman–Crippen MR) is 78.7 cm³/mol. The average molecular weight is 319 g/mol. The zero-order valence-electron chi connectivity index (χ0n) is 12.3. The van der Waals surface area contributed by atoms with Crippen molar-refractivity contribution in [3.05, 3.63) is 30.2 Å². The van der Waals surface area contributed by atoms with E-state index in [-0.39, 0.29) is 11.6 Å². The van der Waals surface area contributed by atoms with Crippen molar-refractivity contribution in [3.63, 3.8) is 0 Å². The Balaban J connectivity index is 1.70. The number of carboxylic acids is 1. The summed E-state index contributed by atoms with van der Waals surface area (Å²) in [5.74, 6) is -1.31. The van der Waals surface area contributed by atoms with E-state index in [9.17, 15) is 14.7 Å². The minimum atomic E-state index is -1.07. The van der Waals surface area contributed by atoms with Crippen LogP contribution in [0.2, 0.25) is 0 Å². The molecule has 0 saturated carbocycles. The molecule has 1 amide bonds. The third-order valence-corrected chi connectivity index (χ3v) is 3.82. The minimum absolute atomic E-state index is 0.111. The highest BCUT2D eigenvalue weighted by atomic mass is 16.5. The van der Waals surface area contributed by atoms with Gasteiger partial charge in [0.2, 0.25) is 0 Å². The summed E-state index contributed by atoms with van der Waals surface area (Å²) < 4.78 is 10.5. The summed E-state index contributed by atoms with van der Waals surface area (Å²) in [6, 6.07) is 3.98. The van der Waals surface area contributed by atoms with Crippen molar-refractivity contribution in [1.29, 1.82) is 0 Å². The van der Waals surface area contributed by atoms with Gasteiger partial charge in [-0.15, -0.1) is 0 Å². The van der Waals surface area contributed by atoms with Gasteiger partial charge in [0.1, 0.15) is 11.7 Å². The van der Waals surface area contributed by atoms with E-state index in [2.05, 4.69) is 15.5 Å². The standard InChI is InChI=1S/C15H17N3O5/c19-14(11-7-10(17-18-11)12-4-2-6-23-12)16-13(15(20)21)9-3-1-5-22-8-9/h2,4,6-7,9,13H,1,3,5,8H2,(H,16,19)(H,17,18)(H,20,21). The number of amides is 1. The van der Waals surface area contributed by atoms with Crippen LogP contribution in [-0.4, -0.2) is 46.4 Å². The first-order valence-corrected chi connectivity index (χ1v) is 7.36. The van der Waals surface area contributed by atoms with Crippen molar-refractivity contribution in [2.45, 2.75) is 18.9 Å². The van der Waals surface area contributed by atoms with E-state index in [4.69, 9.17) is 9.15 Å². The number of hydrogen-bond donors (Lipinski definition) is 3. The van der Waals surface area contributed by atoms with Gasteiger partial charge in [-0.3, -0.25) is 9.89 Å². The Bertz CT molecular complexity index is 673. The molecule has 1 fully saturated rings. The van der Waals surface area contributed by atoms with E-state index in [1.165, 1.54) is 12.3 Å². The molecule has 2 aromatic rings. The van der Waals surface area contributed by atoms with E-state index >= 15 is 0 Å². The maximum Gasteiger partial charge on any atom is 0.326 e. The number of carboxylic acid groups (broad SMARTS) is 1. The van der Waals surface area contributed by atoms with E-state index in [1.54, 1.807) is 12.1 Å². The molecule has 0 radical (unpaired) electrons. The molecule has 0 aromatic carbocycles.